The second-order valence-electron chi connectivity index (χ2n) is 5.21. The molecule has 1 aliphatic rings. The van der Waals surface area contributed by atoms with E-state index in [-0.39, 0.29) is 0 Å². The molecule has 0 aromatic heterocycles. The Bertz CT molecular complexity index is 360. The third-order valence-electron chi connectivity index (χ3n) is 3.52. The summed E-state index contributed by atoms with van der Waals surface area (Å²) in [4.78, 5) is 0. The predicted octanol–water partition coefficient (Wildman–Crippen LogP) is 3.53. The lowest BCUT2D eigenvalue weighted by atomic mass is 10.0. The van der Waals surface area contributed by atoms with Crippen molar-refractivity contribution in [2.45, 2.75) is 45.2 Å². The van der Waals surface area contributed by atoms with Gasteiger partial charge in [-0.2, -0.15) is 0 Å². The minimum atomic E-state index is 0.347. The number of methoxy groups -OCH3 is 1. The number of para-hydroxylation sites is 1. The van der Waals surface area contributed by atoms with Crippen molar-refractivity contribution in [1.82, 2.24) is 5.32 Å². The normalized spacial score (nSPS) is 18.8. The van der Waals surface area contributed by atoms with E-state index >= 15 is 0 Å². The molecule has 0 spiro atoms. The first-order valence-electron chi connectivity index (χ1n) is 6.59. The van der Waals surface area contributed by atoms with E-state index in [2.05, 4.69) is 31.3 Å². The monoisotopic (exact) mass is 233 g/mol. The molecular formula is C15H23NO. The molecule has 0 bridgehead atoms. The molecule has 1 unspecified atom stereocenters. The average molecular weight is 233 g/mol. The van der Waals surface area contributed by atoms with Crippen molar-refractivity contribution in [3.8, 4) is 5.75 Å². The fraction of sp³-hybridized carbons (Fsp3) is 0.600. The van der Waals surface area contributed by atoms with E-state index in [1.165, 1.54) is 24.8 Å². The van der Waals surface area contributed by atoms with Crippen LogP contribution in [-0.2, 0) is 0 Å². The first kappa shape index (κ1) is 12.4. The topological polar surface area (TPSA) is 21.3 Å². The molecule has 1 aromatic carbocycles. The van der Waals surface area contributed by atoms with Crippen LogP contribution in [0.15, 0.2) is 24.3 Å². The molecule has 17 heavy (non-hydrogen) atoms. The zero-order chi connectivity index (χ0) is 12.3. The van der Waals surface area contributed by atoms with Crippen LogP contribution in [0.25, 0.3) is 0 Å². The van der Waals surface area contributed by atoms with E-state index in [1.807, 2.05) is 12.1 Å². The van der Waals surface area contributed by atoms with Gasteiger partial charge in [0.25, 0.3) is 0 Å². The summed E-state index contributed by atoms with van der Waals surface area (Å²) in [6, 6.07) is 9.19. The number of benzene rings is 1. The number of ether oxygens (including phenoxy) is 1. The Kier molecular flexibility index (Phi) is 4.06. The van der Waals surface area contributed by atoms with Crippen molar-refractivity contribution in [2.24, 2.45) is 5.92 Å². The molecule has 0 radical (unpaired) electrons. The van der Waals surface area contributed by atoms with Gasteiger partial charge in [-0.15, -0.1) is 0 Å². The number of nitrogens with one attached hydrogen (secondary N) is 1. The summed E-state index contributed by atoms with van der Waals surface area (Å²) in [6.07, 6.45) is 4.16. The number of hydrogen-bond acceptors (Lipinski definition) is 2. The van der Waals surface area contributed by atoms with Crippen LogP contribution in [0.1, 0.15) is 44.7 Å². The molecule has 0 aliphatic heterocycles. The van der Waals surface area contributed by atoms with Gasteiger partial charge in [0.2, 0.25) is 0 Å². The quantitative estimate of drug-likeness (QED) is 0.811. The fourth-order valence-electron chi connectivity index (χ4n) is 2.46. The van der Waals surface area contributed by atoms with E-state index in [9.17, 15) is 0 Å². The van der Waals surface area contributed by atoms with Gasteiger partial charge in [-0.3, -0.25) is 0 Å². The highest BCUT2D eigenvalue weighted by molar-refractivity contribution is 5.35. The van der Waals surface area contributed by atoms with Crippen LogP contribution in [0.3, 0.4) is 0 Å². The zero-order valence-electron chi connectivity index (χ0n) is 11.1. The van der Waals surface area contributed by atoms with Crippen LogP contribution < -0.4 is 10.1 Å². The lowest BCUT2D eigenvalue weighted by Crippen LogP contribution is -2.29. The zero-order valence-corrected chi connectivity index (χ0v) is 11.1. The van der Waals surface area contributed by atoms with Crippen molar-refractivity contribution < 1.29 is 4.74 Å². The van der Waals surface area contributed by atoms with Crippen LogP contribution in [0.4, 0.5) is 0 Å². The first-order valence-corrected chi connectivity index (χ1v) is 6.59. The van der Waals surface area contributed by atoms with Gasteiger partial charge in [-0.1, -0.05) is 31.0 Å². The lowest BCUT2D eigenvalue weighted by Gasteiger charge is -2.21. The lowest BCUT2D eigenvalue weighted by molar-refractivity contribution is 0.389. The van der Waals surface area contributed by atoms with Crippen molar-refractivity contribution >= 4 is 0 Å². The van der Waals surface area contributed by atoms with Crippen LogP contribution >= 0.6 is 0 Å². The van der Waals surface area contributed by atoms with Crippen molar-refractivity contribution in [2.75, 3.05) is 7.11 Å². The van der Waals surface area contributed by atoms with Crippen LogP contribution in [0.5, 0.6) is 5.75 Å². The third kappa shape index (κ3) is 3.47. The second kappa shape index (κ2) is 5.54. The van der Waals surface area contributed by atoms with Crippen LogP contribution in [0, 0.1) is 5.92 Å². The minimum absolute atomic E-state index is 0.347. The van der Waals surface area contributed by atoms with Crippen molar-refractivity contribution in [1.29, 1.82) is 0 Å². The smallest absolute Gasteiger partial charge is 0.123 e. The predicted molar refractivity (Wildman–Crippen MR) is 71.3 cm³/mol. The summed E-state index contributed by atoms with van der Waals surface area (Å²) in [5.74, 6) is 1.95. The largest absolute Gasteiger partial charge is 0.496 e. The highest BCUT2D eigenvalue weighted by atomic mass is 16.5. The van der Waals surface area contributed by atoms with Gasteiger partial charge in [0, 0.05) is 17.6 Å². The molecule has 1 aromatic rings. The van der Waals surface area contributed by atoms with Crippen LogP contribution in [0.2, 0.25) is 0 Å². The van der Waals surface area contributed by atoms with E-state index in [4.69, 9.17) is 4.74 Å². The summed E-state index contributed by atoms with van der Waals surface area (Å²) in [5.41, 5.74) is 1.25. The summed E-state index contributed by atoms with van der Waals surface area (Å²) < 4.78 is 5.40. The van der Waals surface area contributed by atoms with E-state index in [0.29, 0.717) is 12.1 Å². The molecule has 0 amide bonds. The Morgan fingerprint density at radius 3 is 2.65 bits per heavy atom. The Hall–Kier alpha value is -1.02. The summed E-state index contributed by atoms with van der Waals surface area (Å²) in [6.45, 7) is 4.49. The molecule has 2 heteroatoms. The van der Waals surface area contributed by atoms with Gasteiger partial charge in [0.1, 0.15) is 5.75 Å². The summed E-state index contributed by atoms with van der Waals surface area (Å²) in [5, 5.41) is 3.66. The molecule has 2 atom stereocenters. The Morgan fingerprint density at radius 1 is 1.29 bits per heavy atom. The minimum Gasteiger partial charge on any atom is -0.496 e. The Balaban J connectivity index is 1.95. The van der Waals surface area contributed by atoms with Gasteiger partial charge < -0.3 is 10.1 Å². The molecule has 0 saturated heterocycles. The maximum absolute atomic E-state index is 5.40. The molecule has 1 saturated carbocycles. The maximum Gasteiger partial charge on any atom is 0.123 e. The SMILES string of the molecule is COc1ccccc1[C@H](C)NC(C)CC1CC1. The van der Waals surface area contributed by atoms with Gasteiger partial charge in [0.05, 0.1) is 7.11 Å². The molecule has 94 valence electrons. The highest BCUT2D eigenvalue weighted by Crippen LogP contribution is 2.34. The summed E-state index contributed by atoms with van der Waals surface area (Å²) in [7, 11) is 1.74. The molecule has 1 N–H and O–H groups in total. The number of hydrogen-bond donors (Lipinski definition) is 1. The Morgan fingerprint density at radius 2 is 2.00 bits per heavy atom. The third-order valence-corrected chi connectivity index (χ3v) is 3.52. The standard InChI is InChI=1S/C15H23NO/c1-11(10-13-8-9-13)16-12(2)14-6-4-5-7-15(14)17-3/h4-7,11-13,16H,8-10H2,1-3H3/t11?,12-/m0/s1. The molecular weight excluding hydrogens is 210 g/mol. The van der Waals surface area contributed by atoms with E-state index < -0.39 is 0 Å². The number of rotatable bonds is 6. The summed E-state index contributed by atoms with van der Waals surface area (Å²) >= 11 is 0. The van der Waals surface area contributed by atoms with Gasteiger partial charge in [0.15, 0.2) is 0 Å². The van der Waals surface area contributed by atoms with Gasteiger partial charge in [-0.05, 0) is 32.3 Å². The second-order valence-corrected chi connectivity index (χ2v) is 5.21. The van der Waals surface area contributed by atoms with E-state index in [0.717, 1.165) is 11.7 Å². The van der Waals surface area contributed by atoms with E-state index in [1.54, 1.807) is 7.11 Å². The van der Waals surface area contributed by atoms with Gasteiger partial charge >= 0.3 is 0 Å². The van der Waals surface area contributed by atoms with Crippen LogP contribution in [-0.4, -0.2) is 13.2 Å². The molecule has 1 fully saturated rings. The maximum atomic E-state index is 5.40. The Labute approximate surface area is 104 Å². The fourth-order valence-corrected chi connectivity index (χ4v) is 2.46. The molecule has 1 aliphatic carbocycles. The first-order chi connectivity index (χ1) is 8.20. The highest BCUT2D eigenvalue weighted by Gasteiger charge is 2.24. The van der Waals surface area contributed by atoms with Crippen molar-refractivity contribution in [3.05, 3.63) is 29.8 Å². The van der Waals surface area contributed by atoms with Gasteiger partial charge in [-0.25, -0.2) is 0 Å². The van der Waals surface area contributed by atoms with Crippen molar-refractivity contribution in [3.63, 3.8) is 0 Å². The average Bonchev–Trinajstić information content (AvgIpc) is 3.12. The molecule has 2 rings (SSSR count). The molecule has 0 heterocycles. The molecule has 2 nitrogen and oxygen atoms in total.